The summed E-state index contributed by atoms with van der Waals surface area (Å²) in [5.41, 5.74) is 0.581. The Morgan fingerprint density at radius 3 is 2.48 bits per heavy atom. The van der Waals surface area contributed by atoms with Gasteiger partial charge in [-0.3, -0.25) is 14.9 Å². The molecular weight excluding hydrogens is 302 g/mol. The van der Waals surface area contributed by atoms with Crippen LogP contribution in [0.5, 0.6) is 5.75 Å². The third-order valence-electron chi connectivity index (χ3n) is 3.03. The first kappa shape index (κ1) is 18.6. The van der Waals surface area contributed by atoms with Crippen LogP contribution in [-0.2, 0) is 20.7 Å². The molecule has 1 aromatic carbocycles. The van der Waals surface area contributed by atoms with Gasteiger partial charge in [-0.1, -0.05) is 25.5 Å². The number of carbonyl (C=O) groups is 2. The summed E-state index contributed by atoms with van der Waals surface area (Å²) in [6.45, 7) is 5.32. The molecular formula is C16H20NO6. The molecule has 0 saturated carbocycles. The molecule has 1 radical (unpaired) electrons. The summed E-state index contributed by atoms with van der Waals surface area (Å²) >= 11 is 0. The maximum atomic E-state index is 11.6. The summed E-state index contributed by atoms with van der Waals surface area (Å²) < 4.78 is 9.81. The van der Waals surface area contributed by atoms with Crippen molar-refractivity contribution < 1.29 is 24.0 Å². The van der Waals surface area contributed by atoms with Crippen molar-refractivity contribution in [2.75, 3.05) is 6.61 Å². The van der Waals surface area contributed by atoms with Gasteiger partial charge in [0.05, 0.1) is 13.0 Å². The average molecular weight is 322 g/mol. The van der Waals surface area contributed by atoms with Crippen LogP contribution >= 0.6 is 0 Å². The zero-order valence-electron chi connectivity index (χ0n) is 13.0. The SMILES string of the molecule is [CH2]CCCC(=O)Oc1ccc(CC(C(=O)OCC)[N+](=O)[O-])cc1. The molecule has 1 unspecified atom stereocenters. The molecule has 0 aliphatic heterocycles. The smallest absolute Gasteiger partial charge is 0.382 e. The predicted molar refractivity (Wildman–Crippen MR) is 82.4 cm³/mol. The summed E-state index contributed by atoms with van der Waals surface area (Å²) in [6.07, 6.45) is 1.52. The fraction of sp³-hybridized carbons (Fsp3) is 0.438. The van der Waals surface area contributed by atoms with E-state index in [9.17, 15) is 19.7 Å². The highest BCUT2D eigenvalue weighted by Gasteiger charge is 2.31. The highest BCUT2D eigenvalue weighted by molar-refractivity contribution is 5.75. The van der Waals surface area contributed by atoms with Crippen molar-refractivity contribution in [1.29, 1.82) is 0 Å². The summed E-state index contributed by atoms with van der Waals surface area (Å²) in [5, 5.41) is 11.0. The van der Waals surface area contributed by atoms with Crippen LogP contribution in [0.15, 0.2) is 24.3 Å². The lowest BCUT2D eigenvalue weighted by molar-refractivity contribution is -0.510. The van der Waals surface area contributed by atoms with E-state index in [1.54, 1.807) is 31.2 Å². The van der Waals surface area contributed by atoms with E-state index < -0.39 is 16.9 Å². The lowest BCUT2D eigenvalue weighted by atomic mass is 10.1. The van der Waals surface area contributed by atoms with Crippen molar-refractivity contribution in [3.63, 3.8) is 0 Å². The Hall–Kier alpha value is -2.44. The molecule has 23 heavy (non-hydrogen) atoms. The number of hydrogen-bond donors (Lipinski definition) is 0. The number of hydrogen-bond acceptors (Lipinski definition) is 6. The minimum absolute atomic E-state index is 0.0818. The number of ether oxygens (including phenoxy) is 2. The lowest BCUT2D eigenvalue weighted by Crippen LogP contribution is -2.33. The number of carbonyl (C=O) groups excluding carboxylic acids is 2. The van der Waals surface area contributed by atoms with Gasteiger partial charge in [0.1, 0.15) is 5.75 Å². The third-order valence-corrected chi connectivity index (χ3v) is 3.03. The van der Waals surface area contributed by atoms with E-state index in [0.29, 0.717) is 24.2 Å². The number of unbranched alkanes of at least 4 members (excludes halogenated alkanes) is 1. The van der Waals surface area contributed by atoms with Crippen molar-refractivity contribution >= 4 is 11.9 Å². The minimum atomic E-state index is -1.44. The van der Waals surface area contributed by atoms with Crippen molar-refractivity contribution in [2.45, 2.75) is 38.6 Å². The van der Waals surface area contributed by atoms with E-state index in [1.165, 1.54) is 0 Å². The molecule has 0 amide bonds. The summed E-state index contributed by atoms with van der Waals surface area (Å²) in [6, 6.07) is 4.80. The van der Waals surface area contributed by atoms with Crippen LogP contribution in [0.3, 0.4) is 0 Å². The van der Waals surface area contributed by atoms with Gasteiger partial charge in [-0.05, 0) is 31.0 Å². The largest absolute Gasteiger partial charge is 0.461 e. The van der Waals surface area contributed by atoms with Gasteiger partial charge in [-0.2, -0.15) is 0 Å². The quantitative estimate of drug-likeness (QED) is 0.300. The molecule has 7 nitrogen and oxygen atoms in total. The number of benzene rings is 1. The molecule has 0 saturated heterocycles. The zero-order valence-corrected chi connectivity index (χ0v) is 13.0. The molecule has 0 heterocycles. The van der Waals surface area contributed by atoms with Gasteiger partial charge in [-0.25, -0.2) is 4.79 Å². The summed E-state index contributed by atoms with van der Waals surface area (Å²) in [4.78, 5) is 33.3. The summed E-state index contributed by atoms with van der Waals surface area (Å²) in [7, 11) is 0. The van der Waals surface area contributed by atoms with E-state index in [0.717, 1.165) is 0 Å². The van der Waals surface area contributed by atoms with Gasteiger partial charge in [0.2, 0.25) is 0 Å². The van der Waals surface area contributed by atoms with Gasteiger partial charge >= 0.3 is 18.0 Å². The Morgan fingerprint density at radius 1 is 1.30 bits per heavy atom. The van der Waals surface area contributed by atoms with E-state index in [2.05, 4.69) is 6.92 Å². The molecule has 1 aromatic rings. The van der Waals surface area contributed by atoms with Crippen molar-refractivity contribution in [2.24, 2.45) is 0 Å². The second-order valence-electron chi connectivity index (χ2n) is 4.83. The van der Waals surface area contributed by atoms with Gasteiger partial charge in [0, 0.05) is 11.3 Å². The molecule has 7 heteroatoms. The number of esters is 2. The zero-order chi connectivity index (χ0) is 17.2. The summed E-state index contributed by atoms with van der Waals surface area (Å²) in [5.74, 6) is -0.853. The molecule has 0 aromatic heterocycles. The molecule has 0 aliphatic rings. The predicted octanol–water partition coefficient (Wildman–Crippen LogP) is 2.35. The third kappa shape index (κ3) is 6.46. The van der Waals surface area contributed by atoms with Crippen LogP contribution in [0, 0.1) is 17.0 Å². The second kappa shape index (κ2) is 9.55. The Bertz CT molecular complexity index is 540. The molecule has 1 rings (SSSR count). The normalized spacial score (nSPS) is 11.6. The molecule has 0 bridgehead atoms. The molecule has 1 atom stereocenters. The molecule has 0 N–H and O–H groups in total. The van der Waals surface area contributed by atoms with Crippen LogP contribution in [0.2, 0.25) is 0 Å². The number of nitro groups is 1. The standard InChI is InChI=1S/C16H20NO6/c1-3-5-6-15(18)23-13-9-7-12(8-10-13)11-14(17(20)21)16(19)22-4-2/h7-10,14H,1,3-6,11H2,2H3. The fourth-order valence-electron chi connectivity index (χ4n) is 1.85. The average Bonchev–Trinajstić information content (AvgIpc) is 2.52. The van der Waals surface area contributed by atoms with Crippen LogP contribution < -0.4 is 4.74 Å². The van der Waals surface area contributed by atoms with Gasteiger partial charge in [-0.15, -0.1) is 0 Å². The Labute approximate surface area is 134 Å². The lowest BCUT2D eigenvalue weighted by Gasteiger charge is -2.09. The second-order valence-corrected chi connectivity index (χ2v) is 4.83. The Morgan fingerprint density at radius 2 is 1.96 bits per heavy atom. The Kier molecular flexibility index (Phi) is 7.73. The van der Waals surface area contributed by atoms with Crippen LogP contribution in [0.25, 0.3) is 0 Å². The van der Waals surface area contributed by atoms with Crippen molar-refractivity contribution in [3.05, 3.63) is 46.9 Å². The van der Waals surface area contributed by atoms with Crippen molar-refractivity contribution in [3.8, 4) is 5.75 Å². The van der Waals surface area contributed by atoms with Crippen LogP contribution in [0.4, 0.5) is 0 Å². The number of nitrogens with zero attached hydrogens (tertiary/aromatic N) is 1. The highest BCUT2D eigenvalue weighted by atomic mass is 16.6. The minimum Gasteiger partial charge on any atom is -0.461 e. The first-order chi connectivity index (χ1) is 11.0. The van der Waals surface area contributed by atoms with E-state index in [4.69, 9.17) is 9.47 Å². The topological polar surface area (TPSA) is 95.7 Å². The molecule has 0 spiro atoms. The van der Waals surface area contributed by atoms with Crippen LogP contribution in [-0.4, -0.2) is 29.5 Å². The maximum Gasteiger partial charge on any atom is 0.382 e. The van der Waals surface area contributed by atoms with E-state index >= 15 is 0 Å². The van der Waals surface area contributed by atoms with E-state index in [1.807, 2.05) is 0 Å². The van der Waals surface area contributed by atoms with Gasteiger partial charge in [0.15, 0.2) is 0 Å². The van der Waals surface area contributed by atoms with E-state index in [-0.39, 0.29) is 25.4 Å². The first-order valence-corrected chi connectivity index (χ1v) is 7.37. The van der Waals surface area contributed by atoms with Gasteiger partial charge < -0.3 is 9.47 Å². The number of rotatable bonds is 9. The monoisotopic (exact) mass is 322 g/mol. The first-order valence-electron chi connectivity index (χ1n) is 7.37. The molecule has 0 aliphatic carbocycles. The van der Waals surface area contributed by atoms with Crippen molar-refractivity contribution in [1.82, 2.24) is 0 Å². The van der Waals surface area contributed by atoms with Gasteiger partial charge in [0.25, 0.3) is 0 Å². The molecule has 125 valence electrons. The molecule has 0 fully saturated rings. The maximum absolute atomic E-state index is 11.6. The fourth-order valence-corrected chi connectivity index (χ4v) is 1.85. The van der Waals surface area contributed by atoms with Crippen LogP contribution in [0.1, 0.15) is 31.7 Å². The highest BCUT2D eigenvalue weighted by Crippen LogP contribution is 2.15. The Balaban J connectivity index is 2.66.